The van der Waals surface area contributed by atoms with E-state index in [9.17, 15) is 30.0 Å². The number of hydrogen-bond donors (Lipinski definition) is 4. The summed E-state index contributed by atoms with van der Waals surface area (Å²) in [6, 6.07) is 0. The molecule has 8 heteroatoms. The lowest BCUT2D eigenvalue weighted by atomic mass is 9.42. The number of carbonyl (C=O) groups is 2. The molecule has 4 aliphatic carbocycles. The van der Waals surface area contributed by atoms with E-state index in [2.05, 4.69) is 13.8 Å². The Morgan fingerprint density at radius 2 is 1.82 bits per heavy atom. The van der Waals surface area contributed by atoms with Gasteiger partial charge in [-0.1, -0.05) is 19.9 Å². The van der Waals surface area contributed by atoms with Crippen molar-refractivity contribution in [2.24, 2.45) is 45.3 Å². The van der Waals surface area contributed by atoms with Gasteiger partial charge in [0.15, 0.2) is 0 Å². The fourth-order valence-electron chi connectivity index (χ4n) is 11.1. The van der Waals surface area contributed by atoms with E-state index < -0.39 is 52.2 Å². The first-order chi connectivity index (χ1) is 17.6. The van der Waals surface area contributed by atoms with E-state index in [0.717, 1.165) is 12.8 Å². The van der Waals surface area contributed by atoms with Crippen molar-refractivity contribution in [3.05, 3.63) is 12.2 Å². The van der Waals surface area contributed by atoms with Crippen molar-refractivity contribution in [1.29, 1.82) is 0 Å². The SMILES string of the molecule is CC1(C)OC(=O)C=CC23CC24CC(O)C2(C)C(C(C)(O)C5CCC(CO)C(=O)O5)CCC2(C)C4CC(O)C13. The predicted octanol–water partition coefficient (Wildman–Crippen LogP) is 2.50. The lowest BCUT2D eigenvalue weighted by molar-refractivity contribution is -0.240. The molecule has 2 heterocycles. The summed E-state index contributed by atoms with van der Waals surface area (Å²) in [5.74, 6) is -1.89. The molecule has 1 saturated heterocycles. The number of aliphatic hydroxyl groups excluding tert-OH is 3. The number of carbonyl (C=O) groups excluding carboxylic acids is 2. The molecule has 0 bridgehead atoms. The van der Waals surface area contributed by atoms with E-state index in [1.807, 2.05) is 19.9 Å². The van der Waals surface area contributed by atoms with Crippen LogP contribution in [0.3, 0.4) is 0 Å². The van der Waals surface area contributed by atoms with Crippen LogP contribution in [0.2, 0.25) is 0 Å². The molecule has 0 aromatic heterocycles. The molecule has 38 heavy (non-hydrogen) atoms. The molecule has 6 rings (SSSR count). The Balaban J connectivity index is 1.37. The molecule has 0 aromatic rings. The lowest BCUT2D eigenvalue weighted by Crippen LogP contribution is -2.66. The molecule has 12 unspecified atom stereocenters. The van der Waals surface area contributed by atoms with E-state index in [4.69, 9.17) is 9.47 Å². The van der Waals surface area contributed by atoms with Crippen LogP contribution in [-0.4, -0.2) is 68.5 Å². The van der Waals surface area contributed by atoms with Gasteiger partial charge in [-0.3, -0.25) is 4.79 Å². The van der Waals surface area contributed by atoms with Crippen LogP contribution in [0.25, 0.3) is 0 Å². The summed E-state index contributed by atoms with van der Waals surface area (Å²) in [7, 11) is 0. The Kier molecular flexibility index (Phi) is 5.51. The largest absolute Gasteiger partial charge is 0.459 e. The normalized spacial score (nSPS) is 54.3. The van der Waals surface area contributed by atoms with Crippen LogP contribution in [-0.2, 0) is 19.1 Å². The van der Waals surface area contributed by atoms with Crippen LogP contribution in [0.15, 0.2) is 12.2 Å². The first kappa shape index (κ1) is 26.7. The number of aliphatic hydroxyl groups is 4. The quantitative estimate of drug-likeness (QED) is 0.408. The smallest absolute Gasteiger partial charge is 0.330 e. The van der Waals surface area contributed by atoms with Crippen LogP contribution in [0.5, 0.6) is 0 Å². The number of fused-ring (bicyclic) bond motifs is 2. The Morgan fingerprint density at radius 1 is 1.11 bits per heavy atom. The third-order valence-electron chi connectivity index (χ3n) is 13.0. The van der Waals surface area contributed by atoms with Crippen LogP contribution in [0.4, 0.5) is 0 Å². The van der Waals surface area contributed by atoms with Crippen LogP contribution < -0.4 is 0 Å². The number of allylic oxidation sites excluding steroid dienone is 1. The molecule has 0 radical (unpaired) electrons. The van der Waals surface area contributed by atoms with Gasteiger partial charge in [0.1, 0.15) is 17.3 Å². The monoisotopic (exact) mass is 532 g/mol. The van der Waals surface area contributed by atoms with Crippen molar-refractivity contribution < 1.29 is 39.5 Å². The second-order valence-corrected chi connectivity index (χ2v) is 14.7. The Labute approximate surface area is 224 Å². The first-order valence-electron chi connectivity index (χ1n) is 14.4. The number of cyclic esters (lactones) is 2. The average molecular weight is 533 g/mol. The van der Waals surface area contributed by atoms with Crippen molar-refractivity contribution in [1.82, 2.24) is 0 Å². The molecular weight excluding hydrogens is 488 g/mol. The van der Waals surface area contributed by atoms with Gasteiger partial charge in [0, 0.05) is 22.8 Å². The minimum Gasteiger partial charge on any atom is -0.459 e. The van der Waals surface area contributed by atoms with E-state index in [0.29, 0.717) is 32.1 Å². The van der Waals surface area contributed by atoms with Gasteiger partial charge in [0.05, 0.1) is 24.7 Å². The van der Waals surface area contributed by atoms with Gasteiger partial charge in [-0.25, -0.2) is 4.79 Å². The number of rotatable bonds is 3. The Morgan fingerprint density at radius 3 is 2.47 bits per heavy atom. The molecule has 212 valence electrons. The summed E-state index contributed by atoms with van der Waals surface area (Å²) in [6.45, 7) is 9.57. The van der Waals surface area contributed by atoms with Crippen LogP contribution in [0, 0.1) is 45.3 Å². The highest BCUT2D eigenvalue weighted by atomic mass is 16.6. The Bertz CT molecular complexity index is 1080. The van der Waals surface area contributed by atoms with E-state index >= 15 is 0 Å². The maximum atomic E-state index is 12.5. The summed E-state index contributed by atoms with van der Waals surface area (Å²) in [5, 5.41) is 45.2. The minimum atomic E-state index is -1.35. The molecule has 8 nitrogen and oxygen atoms in total. The maximum absolute atomic E-state index is 12.5. The molecule has 4 N–H and O–H groups in total. The number of ether oxygens (including phenoxy) is 2. The predicted molar refractivity (Wildman–Crippen MR) is 136 cm³/mol. The van der Waals surface area contributed by atoms with E-state index in [-0.39, 0.29) is 41.2 Å². The minimum absolute atomic E-state index is 0.0942. The van der Waals surface area contributed by atoms with Crippen molar-refractivity contribution in [2.75, 3.05) is 6.61 Å². The summed E-state index contributed by atoms with van der Waals surface area (Å²) in [5.41, 5.74) is -3.90. The standard InChI is InChI=1S/C30H44O8/c1-25(2)23-17(32)12-19-26(3)10-8-18(28(5,36)21-7-6-16(14-31)24(35)37-21)27(26,4)20(33)13-30(19)15-29(23,30)11-9-22(34)38-25/h9,11,16-21,23,31-33,36H,6-8,10,12-15H2,1-5H3. The number of hydrogen-bond acceptors (Lipinski definition) is 8. The van der Waals surface area contributed by atoms with Gasteiger partial charge in [-0.15, -0.1) is 0 Å². The van der Waals surface area contributed by atoms with Crippen LogP contribution >= 0.6 is 0 Å². The van der Waals surface area contributed by atoms with Gasteiger partial charge >= 0.3 is 11.9 Å². The fraction of sp³-hybridized carbons (Fsp3) is 0.867. The number of esters is 2. The molecule has 6 aliphatic rings. The maximum Gasteiger partial charge on any atom is 0.330 e. The molecule has 0 amide bonds. The molecule has 5 fully saturated rings. The van der Waals surface area contributed by atoms with Crippen molar-refractivity contribution in [3.63, 3.8) is 0 Å². The summed E-state index contributed by atoms with van der Waals surface area (Å²) < 4.78 is 11.5. The zero-order valence-electron chi connectivity index (χ0n) is 23.3. The van der Waals surface area contributed by atoms with Gasteiger partial charge in [-0.2, -0.15) is 0 Å². The molecule has 2 spiro atoms. The van der Waals surface area contributed by atoms with Crippen molar-refractivity contribution in [2.45, 2.75) is 109 Å². The highest BCUT2D eigenvalue weighted by molar-refractivity contribution is 5.83. The third kappa shape index (κ3) is 3.01. The molecule has 12 atom stereocenters. The van der Waals surface area contributed by atoms with Gasteiger partial charge in [0.25, 0.3) is 0 Å². The molecule has 0 aromatic carbocycles. The average Bonchev–Trinajstić information content (AvgIpc) is 3.40. The summed E-state index contributed by atoms with van der Waals surface area (Å²) in [4.78, 5) is 25.0. The fourth-order valence-corrected chi connectivity index (χ4v) is 11.1. The highest BCUT2D eigenvalue weighted by Crippen LogP contribution is 2.87. The van der Waals surface area contributed by atoms with Crippen molar-refractivity contribution >= 4 is 11.9 Å². The van der Waals surface area contributed by atoms with E-state index in [1.54, 1.807) is 6.92 Å². The van der Waals surface area contributed by atoms with Crippen LogP contribution in [0.1, 0.15) is 79.6 Å². The van der Waals surface area contributed by atoms with Crippen molar-refractivity contribution in [3.8, 4) is 0 Å². The molecular formula is C30H44O8. The molecule has 2 aliphatic heterocycles. The zero-order chi connectivity index (χ0) is 27.7. The zero-order valence-corrected chi connectivity index (χ0v) is 23.3. The van der Waals surface area contributed by atoms with Gasteiger partial charge in [0.2, 0.25) is 0 Å². The van der Waals surface area contributed by atoms with Gasteiger partial charge in [-0.05, 0) is 88.4 Å². The topological polar surface area (TPSA) is 134 Å². The second kappa shape index (κ2) is 7.83. The third-order valence-corrected chi connectivity index (χ3v) is 13.0. The lowest BCUT2D eigenvalue weighted by Gasteiger charge is -2.64. The van der Waals surface area contributed by atoms with E-state index in [1.165, 1.54) is 6.08 Å². The summed E-state index contributed by atoms with van der Waals surface area (Å²) >= 11 is 0. The first-order valence-corrected chi connectivity index (χ1v) is 14.4. The highest BCUT2D eigenvalue weighted by Gasteiger charge is 2.85. The molecule has 4 saturated carbocycles. The summed E-state index contributed by atoms with van der Waals surface area (Å²) in [6.07, 6.45) is 5.71. The van der Waals surface area contributed by atoms with Gasteiger partial charge < -0.3 is 29.9 Å². The second-order valence-electron chi connectivity index (χ2n) is 14.7. The Hall–Kier alpha value is -1.48.